The lowest BCUT2D eigenvalue weighted by Gasteiger charge is -2.36. The van der Waals surface area contributed by atoms with Gasteiger partial charge in [-0.3, -0.25) is 9.59 Å². The Kier molecular flexibility index (Phi) is 4.85. The molecular weight excluding hydrogens is 320 g/mol. The normalized spacial score (nSPS) is 16.0. The second-order valence-electron chi connectivity index (χ2n) is 5.19. The van der Waals surface area contributed by atoms with Crippen molar-refractivity contribution in [2.75, 3.05) is 5.32 Å². The molecule has 2 N–H and O–H groups in total. The Balaban J connectivity index is 2.04. The Morgan fingerprint density at radius 1 is 1.41 bits per heavy atom. The first kappa shape index (κ1) is 16.5. The highest BCUT2D eigenvalue weighted by Crippen LogP contribution is 2.44. The maximum Gasteiger partial charge on any atom is 0.387 e. The summed E-state index contributed by atoms with van der Waals surface area (Å²) in [5, 5.41) is 11.6. The Hall–Kier alpha value is -1.89. The van der Waals surface area contributed by atoms with Crippen LogP contribution in [0.1, 0.15) is 25.7 Å². The second-order valence-corrected chi connectivity index (χ2v) is 5.59. The minimum absolute atomic E-state index is 0.0145. The van der Waals surface area contributed by atoms with Gasteiger partial charge in [-0.1, -0.05) is 18.0 Å². The average molecular weight is 334 g/mol. The van der Waals surface area contributed by atoms with Crippen LogP contribution in [0.2, 0.25) is 5.02 Å². The van der Waals surface area contributed by atoms with E-state index in [1.54, 1.807) is 0 Å². The molecule has 1 aromatic rings. The van der Waals surface area contributed by atoms with Crippen LogP contribution in [0, 0.1) is 5.41 Å². The molecule has 0 aromatic heterocycles. The molecule has 0 aliphatic heterocycles. The number of anilines is 1. The van der Waals surface area contributed by atoms with Gasteiger partial charge < -0.3 is 15.2 Å². The molecule has 0 spiro atoms. The molecule has 8 heteroatoms. The molecule has 1 amide bonds. The second kappa shape index (κ2) is 6.48. The lowest BCUT2D eigenvalue weighted by Crippen LogP contribution is -2.41. The van der Waals surface area contributed by atoms with Crippen molar-refractivity contribution in [2.45, 2.75) is 32.3 Å². The number of rotatable bonds is 6. The molecule has 1 fully saturated rings. The van der Waals surface area contributed by atoms with Crippen LogP contribution in [0.25, 0.3) is 0 Å². The fraction of sp³-hybridized carbons (Fsp3) is 0.429. The number of carbonyl (C=O) groups is 2. The number of alkyl halides is 2. The molecule has 1 aliphatic carbocycles. The molecule has 120 valence electrons. The predicted octanol–water partition coefficient (Wildman–Crippen LogP) is 3.52. The Labute approximate surface area is 130 Å². The van der Waals surface area contributed by atoms with Crippen molar-refractivity contribution in [1.29, 1.82) is 0 Å². The highest BCUT2D eigenvalue weighted by molar-refractivity contribution is 6.32. The molecule has 1 aromatic carbocycles. The molecule has 1 saturated carbocycles. The summed E-state index contributed by atoms with van der Waals surface area (Å²) in [6.07, 6.45) is 1.52. The van der Waals surface area contributed by atoms with Gasteiger partial charge in [0.25, 0.3) is 0 Å². The van der Waals surface area contributed by atoms with Gasteiger partial charge in [0.15, 0.2) is 0 Å². The highest BCUT2D eigenvalue weighted by atomic mass is 35.5. The Morgan fingerprint density at radius 2 is 2.09 bits per heavy atom. The first-order valence-corrected chi connectivity index (χ1v) is 6.98. The number of hydrogen-bond donors (Lipinski definition) is 2. The summed E-state index contributed by atoms with van der Waals surface area (Å²) in [4.78, 5) is 23.2. The van der Waals surface area contributed by atoms with Crippen molar-refractivity contribution < 1.29 is 28.2 Å². The van der Waals surface area contributed by atoms with Crippen molar-refractivity contribution in [2.24, 2.45) is 5.41 Å². The molecule has 0 heterocycles. The number of carboxylic acid groups (broad SMARTS) is 1. The quantitative estimate of drug-likeness (QED) is 0.835. The van der Waals surface area contributed by atoms with Gasteiger partial charge in [0.1, 0.15) is 5.75 Å². The number of amides is 1. The molecule has 1 aliphatic rings. The summed E-state index contributed by atoms with van der Waals surface area (Å²) in [5.41, 5.74) is -0.802. The van der Waals surface area contributed by atoms with Gasteiger partial charge >= 0.3 is 12.6 Å². The van der Waals surface area contributed by atoms with Crippen molar-refractivity contribution in [3.8, 4) is 5.75 Å². The van der Waals surface area contributed by atoms with E-state index in [0.29, 0.717) is 12.8 Å². The zero-order valence-corrected chi connectivity index (χ0v) is 12.2. The molecule has 2 rings (SSSR count). The third-order valence-electron chi connectivity index (χ3n) is 3.69. The monoisotopic (exact) mass is 333 g/mol. The number of hydrogen-bond acceptors (Lipinski definition) is 3. The van der Waals surface area contributed by atoms with Crippen molar-refractivity contribution >= 4 is 29.2 Å². The van der Waals surface area contributed by atoms with E-state index in [0.717, 1.165) is 6.42 Å². The van der Waals surface area contributed by atoms with Gasteiger partial charge in [-0.2, -0.15) is 8.78 Å². The van der Waals surface area contributed by atoms with Crippen molar-refractivity contribution in [3.05, 3.63) is 23.2 Å². The molecule has 0 saturated heterocycles. The van der Waals surface area contributed by atoms with Crippen molar-refractivity contribution in [3.63, 3.8) is 0 Å². The zero-order valence-electron chi connectivity index (χ0n) is 11.4. The van der Waals surface area contributed by atoms with Crippen LogP contribution >= 0.6 is 11.6 Å². The summed E-state index contributed by atoms with van der Waals surface area (Å²) in [6.45, 7) is -3.03. The zero-order chi connectivity index (χ0) is 16.3. The van der Waals surface area contributed by atoms with Crippen LogP contribution in [0.4, 0.5) is 14.5 Å². The van der Waals surface area contributed by atoms with E-state index >= 15 is 0 Å². The van der Waals surface area contributed by atoms with Gasteiger partial charge in [0.2, 0.25) is 5.91 Å². The molecule has 0 bridgehead atoms. The summed E-state index contributed by atoms with van der Waals surface area (Å²) < 4.78 is 28.7. The van der Waals surface area contributed by atoms with Crippen LogP contribution in [-0.2, 0) is 9.59 Å². The number of benzene rings is 1. The van der Waals surface area contributed by atoms with Crippen LogP contribution in [-0.4, -0.2) is 23.6 Å². The number of nitrogens with one attached hydrogen (secondary N) is 1. The van der Waals surface area contributed by atoms with E-state index in [2.05, 4.69) is 10.1 Å². The van der Waals surface area contributed by atoms with Crippen LogP contribution < -0.4 is 10.1 Å². The van der Waals surface area contributed by atoms with Gasteiger partial charge in [-0.25, -0.2) is 0 Å². The molecular formula is C14H14ClF2NO4. The van der Waals surface area contributed by atoms with Gasteiger partial charge in [-0.15, -0.1) is 0 Å². The SMILES string of the molecule is O=C(CC1(C(=O)O)CCC1)Nc1ccc(Cl)c(OC(F)F)c1. The summed E-state index contributed by atoms with van der Waals surface area (Å²) in [7, 11) is 0. The van der Waals surface area contributed by atoms with Crippen LogP contribution in [0.5, 0.6) is 5.75 Å². The summed E-state index contributed by atoms with van der Waals surface area (Å²) in [6, 6.07) is 3.90. The van der Waals surface area contributed by atoms with E-state index in [1.165, 1.54) is 18.2 Å². The fourth-order valence-corrected chi connectivity index (χ4v) is 2.51. The van der Waals surface area contributed by atoms with Crippen molar-refractivity contribution in [1.82, 2.24) is 0 Å². The standard InChI is InChI=1S/C14H14ClF2NO4/c15-9-3-2-8(6-10(9)22-13(16)17)18-11(19)7-14(12(20)21)4-1-5-14/h2-3,6,13H,1,4-5,7H2,(H,18,19)(H,20,21). The van der Waals surface area contributed by atoms with E-state index in [1.807, 2.05) is 0 Å². The minimum Gasteiger partial charge on any atom is -0.481 e. The lowest BCUT2D eigenvalue weighted by atomic mass is 9.66. The van der Waals surface area contributed by atoms with Crippen LogP contribution in [0.15, 0.2) is 18.2 Å². The number of halogens is 3. The maximum atomic E-state index is 12.2. The van der Waals surface area contributed by atoms with Gasteiger partial charge in [-0.05, 0) is 25.0 Å². The first-order valence-electron chi connectivity index (χ1n) is 6.60. The van der Waals surface area contributed by atoms with Crippen LogP contribution in [0.3, 0.4) is 0 Å². The molecule has 5 nitrogen and oxygen atoms in total. The third kappa shape index (κ3) is 3.65. The van der Waals surface area contributed by atoms with E-state index < -0.39 is 23.9 Å². The molecule has 0 atom stereocenters. The van der Waals surface area contributed by atoms with Gasteiger partial charge in [0.05, 0.1) is 10.4 Å². The van der Waals surface area contributed by atoms with Gasteiger partial charge in [0, 0.05) is 18.2 Å². The Morgan fingerprint density at radius 3 is 2.59 bits per heavy atom. The minimum atomic E-state index is -3.03. The Bertz CT molecular complexity index is 590. The van der Waals surface area contributed by atoms with E-state index in [9.17, 15) is 23.5 Å². The first-order chi connectivity index (χ1) is 10.3. The largest absolute Gasteiger partial charge is 0.481 e. The van der Waals surface area contributed by atoms with E-state index in [-0.39, 0.29) is 22.9 Å². The number of ether oxygens (including phenoxy) is 1. The van der Waals surface area contributed by atoms with E-state index in [4.69, 9.17) is 11.6 Å². The molecule has 0 unspecified atom stereocenters. The lowest BCUT2D eigenvalue weighted by molar-refractivity contribution is -0.157. The average Bonchev–Trinajstić information content (AvgIpc) is 2.37. The smallest absolute Gasteiger partial charge is 0.387 e. The third-order valence-corrected chi connectivity index (χ3v) is 4.01. The highest BCUT2D eigenvalue weighted by Gasteiger charge is 2.45. The predicted molar refractivity (Wildman–Crippen MR) is 75.3 cm³/mol. The molecule has 0 radical (unpaired) electrons. The summed E-state index contributed by atoms with van der Waals surface area (Å²) in [5.74, 6) is -1.75. The fourth-order valence-electron chi connectivity index (χ4n) is 2.35. The number of aliphatic carboxylic acids is 1. The molecule has 22 heavy (non-hydrogen) atoms. The summed E-state index contributed by atoms with van der Waals surface area (Å²) >= 11 is 5.71. The number of carbonyl (C=O) groups excluding carboxylic acids is 1. The maximum absolute atomic E-state index is 12.2. The topological polar surface area (TPSA) is 75.6 Å². The number of carboxylic acids is 1.